The lowest BCUT2D eigenvalue weighted by molar-refractivity contribution is -0.179. The minimum Gasteiger partial charge on any atom is -0.493 e. The fourth-order valence-corrected chi connectivity index (χ4v) is 4.42. The molecule has 0 radical (unpaired) electrons. The van der Waals surface area contributed by atoms with Crippen molar-refractivity contribution in [1.29, 1.82) is 0 Å². The van der Waals surface area contributed by atoms with Gasteiger partial charge in [-0.3, -0.25) is 4.79 Å². The number of carbonyl (C=O) groups is 1. The van der Waals surface area contributed by atoms with Gasteiger partial charge in [-0.05, 0) is 30.7 Å². The van der Waals surface area contributed by atoms with Crippen molar-refractivity contribution in [2.24, 2.45) is 0 Å². The first-order chi connectivity index (χ1) is 14.8. The smallest absolute Gasteiger partial charge is 0.238 e. The molecule has 0 saturated heterocycles. The van der Waals surface area contributed by atoms with Crippen LogP contribution in [-0.2, 0) is 12.0 Å². The number of rotatable bonds is 3. The zero-order valence-electron chi connectivity index (χ0n) is 17.3. The molecule has 0 fully saturated rings. The summed E-state index contributed by atoms with van der Waals surface area (Å²) >= 11 is 0. The quantitative estimate of drug-likeness (QED) is 0.720. The molecule has 162 valence electrons. The van der Waals surface area contributed by atoms with Gasteiger partial charge in [0, 0.05) is 23.6 Å². The number of benzene rings is 2. The molecular formula is C23H22O8. The van der Waals surface area contributed by atoms with E-state index in [1.807, 2.05) is 6.92 Å². The standard InChI is InChI=1S/C23H22O8/c1-10(2)15-7-12-14(29-15)6-5-11-19(12)31-21-22(25)30-16-9-18(28-4)17(27-3)8-13(16)23(21,26)20(11)24/h5-6,8-9,15,21-22,25-26H,1,7H2,2-4H3/t15-,21-,22+,23+/m1/s1. The Labute approximate surface area is 178 Å². The van der Waals surface area contributed by atoms with Gasteiger partial charge in [0.15, 0.2) is 17.1 Å². The predicted octanol–water partition coefficient (Wildman–Crippen LogP) is 2.13. The van der Waals surface area contributed by atoms with Gasteiger partial charge < -0.3 is 33.9 Å². The summed E-state index contributed by atoms with van der Waals surface area (Å²) in [5.74, 6) is 1.02. The molecule has 3 aliphatic rings. The van der Waals surface area contributed by atoms with Gasteiger partial charge in [-0.1, -0.05) is 6.58 Å². The zero-order chi connectivity index (χ0) is 22.1. The number of fused-ring (bicyclic) bond motifs is 6. The van der Waals surface area contributed by atoms with Crippen molar-refractivity contribution in [2.45, 2.75) is 37.4 Å². The summed E-state index contributed by atoms with van der Waals surface area (Å²) in [4.78, 5) is 13.6. The fourth-order valence-electron chi connectivity index (χ4n) is 4.42. The van der Waals surface area contributed by atoms with Gasteiger partial charge in [0.1, 0.15) is 23.4 Å². The van der Waals surface area contributed by atoms with Crippen LogP contribution < -0.4 is 23.7 Å². The van der Waals surface area contributed by atoms with Gasteiger partial charge in [0.25, 0.3) is 0 Å². The van der Waals surface area contributed by atoms with Crippen LogP contribution in [-0.4, -0.2) is 48.7 Å². The monoisotopic (exact) mass is 426 g/mol. The fraction of sp³-hybridized carbons (Fsp3) is 0.348. The summed E-state index contributed by atoms with van der Waals surface area (Å²) in [6.45, 7) is 5.80. The molecule has 8 nitrogen and oxygen atoms in total. The minimum absolute atomic E-state index is 0.108. The minimum atomic E-state index is -2.18. The maximum atomic E-state index is 13.6. The molecule has 3 aliphatic heterocycles. The van der Waals surface area contributed by atoms with E-state index in [-0.39, 0.29) is 28.7 Å². The molecule has 3 heterocycles. The highest BCUT2D eigenvalue weighted by atomic mass is 16.6. The summed E-state index contributed by atoms with van der Waals surface area (Å²) < 4.78 is 28.1. The van der Waals surface area contributed by atoms with Crippen LogP contribution >= 0.6 is 0 Å². The van der Waals surface area contributed by atoms with Crippen LogP contribution in [0.2, 0.25) is 0 Å². The average molecular weight is 426 g/mol. The van der Waals surface area contributed by atoms with E-state index in [0.29, 0.717) is 29.2 Å². The molecular weight excluding hydrogens is 404 g/mol. The van der Waals surface area contributed by atoms with E-state index in [0.717, 1.165) is 5.57 Å². The molecule has 0 aliphatic carbocycles. The number of ether oxygens (including phenoxy) is 5. The van der Waals surface area contributed by atoms with E-state index in [4.69, 9.17) is 23.7 Å². The first-order valence-electron chi connectivity index (χ1n) is 9.82. The normalized spacial score (nSPS) is 27.5. The summed E-state index contributed by atoms with van der Waals surface area (Å²) in [7, 11) is 2.90. The average Bonchev–Trinajstić information content (AvgIpc) is 3.20. The molecule has 31 heavy (non-hydrogen) atoms. The second-order valence-corrected chi connectivity index (χ2v) is 7.92. The molecule has 0 aromatic heterocycles. The SMILES string of the molecule is C=C(C)[C@H]1Cc2c(ccc3c2O[C@@H]2[C@@H](O)Oc4cc(OC)c(OC)cc4[C@]2(O)C3=O)O1. The number of methoxy groups -OCH3 is 2. The Balaban J connectivity index is 1.67. The maximum Gasteiger partial charge on any atom is 0.238 e. The second-order valence-electron chi connectivity index (χ2n) is 7.92. The molecule has 0 saturated carbocycles. The Morgan fingerprint density at radius 1 is 1.13 bits per heavy atom. The summed E-state index contributed by atoms with van der Waals surface area (Å²) in [6.07, 6.45) is -2.73. The highest BCUT2D eigenvalue weighted by molar-refractivity contribution is 6.07. The Kier molecular flexibility index (Phi) is 4.22. The van der Waals surface area contributed by atoms with Crippen molar-refractivity contribution in [1.82, 2.24) is 0 Å². The number of aliphatic hydroxyl groups excluding tert-OH is 1. The van der Waals surface area contributed by atoms with Gasteiger partial charge in [0.2, 0.25) is 18.2 Å². The molecule has 4 atom stereocenters. The van der Waals surface area contributed by atoms with Crippen molar-refractivity contribution in [3.63, 3.8) is 0 Å². The number of carbonyl (C=O) groups excluding carboxylic acids is 1. The topological polar surface area (TPSA) is 104 Å². The van der Waals surface area contributed by atoms with Crippen molar-refractivity contribution in [3.8, 4) is 28.7 Å². The lowest BCUT2D eigenvalue weighted by atomic mass is 9.76. The van der Waals surface area contributed by atoms with Crippen LogP contribution in [0.25, 0.3) is 0 Å². The van der Waals surface area contributed by atoms with Gasteiger partial charge in [-0.25, -0.2) is 0 Å². The summed E-state index contributed by atoms with van der Waals surface area (Å²) in [5, 5.41) is 22.3. The third kappa shape index (κ3) is 2.58. The molecule has 2 aromatic carbocycles. The van der Waals surface area contributed by atoms with Crippen LogP contribution in [0.15, 0.2) is 36.4 Å². The van der Waals surface area contributed by atoms with Crippen molar-refractivity contribution >= 4 is 5.78 Å². The second kappa shape index (κ2) is 6.63. The maximum absolute atomic E-state index is 13.6. The first kappa shape index (κ1) is 19.7. The van der Waals surface area contributed by atoms with Crippen LogP contribution in [0.5, 0.6) is 28.7 Å². The Hall–Kier alpha value is -3.23. The van der Waals surface area contributed by atoms with Gasteiger partial charge in [-0.2, -0.15) is 0 Å². The van der Waals surface area contributed by atoms with Crippen LogP contribution in [0.4, 0.5) is 0 Å². The summed E-state index contributed by atoms with van der Waals surface area (Å²) in [6, 6.07) is 6.18. The van der Waals surface area contributed by atoms with E-state index in [1.165, 1.54) is 26.4 Å². The van der Waals surface area contributed by atoms with E-state index in [1.54, 1.807) is 12.1 Å². The number of aliphatic hydroxyl groups is 2. The molecule has 8 heteroatoms. The van der Waals surface area contributed by atoms with Crippen LogP contribution in [0.1, 0.15) is 28.4 Å². The lowest BCUT2D eigenvalue weighted by Crippen LogP contribution is -2.61. The third-order valence-electron chi connectivity index (χ3n) is 6.08. The van der Waals surface area contributed by atoms with Crippen LogP contribution in [0.3, 0.4) is 0 Å². The molecule has 0 amide bonds. The van der Waals surface area contributed by atoms with Crippen LogP contribution in [0, 0.1) is 0 Å². The molecule has 2 aromatic rings. The van der Waals surface area contributed by atoms with E-state index in [9.17, 15) is 15.0 Å². The summed E-state index contributed by atoms with van der Waals surface area (Å²) in [5.41, 5.74) is -0.294. The van der Waals surface area contributed by atoms with E-state index in [2.05, 4.69) is 6.58 Å². The highest BCUT2D eigenvalue weighted by Gasteiger charge is 2.60. The predicted molar refractivity (Wildman–Crippen MR) is 108 cm³/mol. The molecule has 0 bridgehead atoms. The van der Waals surface area contributed by atoms with Gasteiger partial charge >= 0.3 is 0 Å². The zero-order valence-corrected chi connectivity index (χ0v) is 17.3. The highest BCUT2D eigenvalue weighted by Crippen LogP contribution is 2.52. The van der Waals surface area contributed by atoms with Gasteiger partial charge in [-0.15, -0.1) is 0 Å². The van der Waals surface area contributed by atoms with Gasteiger partial charge in [0.05, 0.1) is 19.8 Å². The molecule has 0 spiro atoms. The number of ketones is 1. The number of hydrogen-bond acceptors (Lipinski definition) is 8. The van der Waals surface area contributed by atoms with E-state index < -0.39 is 23.8 Å². The largest absolute Gasteiger partial charge is 0.493 e. The Bertz CT molecular complexity index is 1120. The molecule has 5 rings (SSSR count). The van der Waals surface area contributed by atoms with Crippen molar-refractivity contribution in [3.05, 3.63) is 53.1 Å². The first-order valence-corrected chi connectivity index (χ1v) is 9.82. The third-order valence-corrected chi connectivity index (χ3v) is 6.08. The Morgan fingerprint density at radius 3 is 2.52 bits per heavy atom. The van der Waals surface area contributed by atoms with Crippen molar-refractivity contribution in [2.75, 3.05) is 14.2 Å². The number of hydrogen-bond donors (Lipinski definition) is 2. The van der Waals surface area contributed by atoms with Crippen molar-refractivity contribution < 1.29 is 38.7 Å². The Morgan fingerprint density at radius 2 is 1.84 bits per heavy atom. The lowest BCUT2D eigenvalue weighted by Gasteiger charge is -2.45. The van der Waals surface area contributed by atoms with E-state index >= 15 is 0 Å². The number of Topliss-reactive ketones (excluding diaryl/α,β-unsaturated/α-hetero) is 1. The molecule has 0 unspecified atom stereocenters. The molecule has 2 N–H and O–H groups in total.